The molecule has 3 aromatic rings. The molecule has 9 nitrogen and oxygen atoms in total. The summed E-state index contributed by atoms with van der Waals surface area (Å²) in [5.74, 6) is 1.42. The molecule has 9 heteroatoms. The Morgan fingerprint density at radius 2 is 2.04 bits per heavy atom. The quantitative estimate of drug-likeness (QED) is 0.704. The Bertz CT molecular complexity index is 858. The van der Waals surface area contributed by atoms with Crippen molar-refractivity contribution in [1.29, 1.82) is 0 Å². The average Bonchev–Trinajstić information content (AvgIpc) is 3.21. The number of rotatable bonds is 4. The van der Waals surface area contributed by atoms with E-state index in [4.69, 9.17) is 4.42 Å². The zero-order valence-electron chi connectivity index (χ0n) is 13.5. The molecule has 0 saturated carbocycles. The van der Waals surface area contributed by atoms with Crippen LogP contribution in [0.3, 0.4) is 0 Å². The second-order valence-electron chi connectivity index (χ2n) is 5.94. The maximum Gasteiger partial charge on any atom is 0.257 e. The predicted molar refractivity (Wildman–Crippen MR) is 82.3 cm³/mol. The highest BCUT2D eigenvalue weighted by Crippen LogP contribution is 2.25. The lowest BCUT2D eigenvalue weighted by molar-refractivity contribution is 0.0496. The molecule has 1 fully saturated rings. The Morgan fingerprint density at radius 3 is 2.71 bits per heavy atom. The summed E-state index contributed by atoms with van der Waals surface area (Å²) in [7, 11) is 0. The van der Waals surface area contributed by atoms with Gasteiger partial charge in [0, 0.05) is 13.1 Å². The van der Waals surface area contributed by atoms with Gasteiger partial charge in [0.2, 0.25) is 0 Å². The summed E-state index contributed by atoms with van der Waals surface area (Å²) >= 11 is 0. The van der Waals surface area contributed by atoms with Gasteiger partial charge in [-0.3, -0.25) is 4.79 Å². The normalized spacial score (nSPS) is 14.8. The first-order valence-corrected chi connectivity index (χ1v) is 7.71. The fourth-order valence-corrected chi connectivity index (χ4v) is 2.84. The van der Waals surface area contributed by atoms with E-state index in [1.807, 2.05) is 20.0 Å². The highest BCUT2D eigenvalue weighted by molar-refractivity contribution is 5.95. The number of furan rings is 1. The van der Waals surface area contributed by atoms with Crippen molar-refractivity contribution in [3.8, 4) is 0 Å². The summed E-state index contributed by atoms with van der Waals surface area (Å²) < 4.78 is 7.23. The number of carbonyl (C=O) groups excluding carboxylic acids is 1. The van der Waals surface area contributed by atoms with Gasteiger partial charge >= 0.3 is 0 Å². The Labute approximate surface area is 137 Å². The number of carbonyl (C=O) groups is 1. The summed E-state index contributed by atoms with van der Waals surface area (Å²) in [6.07, 6.45) is 5.13. The summed E-state index contributed by atoms with van der Waals surface area (Å²) in [6, 6.07) is 1.93. The molecule has 1 amide bonds. The third-order valence-electron chi connectivity index (χ3n) is 4.12. The fraction of sp³-hybridized carbons (Fsp3) is 0.400. The van der Waals surface area contributed by atoms with Gasteiger partial charge in [0.1, 0.15) is 23.8 Å². The zero-order chi connectivity index (χ0) is 16.7. The van der Waals surface area contributed by atoms with Crippen LogP contribution in [-0.2, 0) is 6.54 Å². The number of aromatic nitrogens is 6. The Balaban J connectivity index is 1.38. The van der Waals surface area contributed by atoms with Gasteiger partial charge in [-0.2, -0.15) is 15.0 Å². The lowest BCUT2D eigenvalue weighted by Gasteiger charge is -2.38. The predicted octanol–water partition coefficient (Wildman–Crippen LogP) is 0.825. The van der Waals surface area contributed by atoms with Crippen molar-refractivity contribution in [2.75, 3.05) is 13.1 Å². The highest BCUT2D eigenvalue weighted by Gasteiger charge is 2.34. The summed E-state index contributed by atoms with van der Waals surface area (Å²) in [5, 5.41) is 16.4. The van der Waals surface area contributed by atoms with Gasteiger partial charge in [-0.25, -0.2) is 4.68 Å². The van der Waals surface area contributed by atoms with E-state index in [0.717, 1.165) is 11.5 Å². The van der Waals surface area contributed by atoms with E-state index in [1.165, 1.54) is 0 Å². The van der Waals surface area contributed by atoms with Crippen molar-refractivity contribution in [2.24, 2.45) is 0 Å². The lowest BCUT2D eigenvalue weighted by atomic mass is 10.1. The second-order valence-corrected chi connectivity index (χ2v) is 5.94. The van der Waals surface area contributed by atoms with Crippen molar-refractivity contribution in [3.63, 3.8) is 0 Å². The van der Waals surface area contributed by atoms with Crippen LogP contribution in [0.1, 0.15) is 33.6 Å². The number of hydrogen-bond acceptors (Lipinski definition) is 6. The molecule has 0 N–H and O–H groups in total. The van der Waals surface area contributed by atoms with Crippen LogP contribution in [0.2, 0.25) is 0 Å². The molecule has 0 bridgehead atoms. The highest BCUT2D eigenvalue weighted by atomic mass is 16.3. The first-order chi connectivity index (χ1) is 11.6. The molecule has 1 saturated heterocycles. The average molecular weight is 327 g/mol. The molecule has 0 atom stereocenters. The van der Waals surface area contributed by atoms with Crippen LogP contribution in [0.5, 0.6) is 0 Å². The van der Waals surface area contributed by atoms with Gasteiger partial charge in [-0.05, 0) is 19.9 Å². The minimum absolute atomic E-state index is 0.00156. The first kappa shape index (κ1) is 14.6. The number of nitrogens with zero attached hydrogens (tertiary/aromatic N) is 7. The lowest BCUT2D eigenvalue weighted by Crippen LogP contribution is -2.51. The summed E-state index contributed by atoms with van der Waals surface area (Å²) in [4.78, 5) is 15.8. The van der Waals surface area contributed by atoms with Crippen LogP contribution in [0.25, 0.3) is 0 Å². The topological polar surface area (TPSA) is 94.9 Å². The van der Waals surface area contributed by atoms with E-state index in [1.54, 1.807) is 32.8 Å². The molecule has 1 aliphatic heterocycles. The smallest absolute Gasteiger partial charge is 0.257 e. The van der Waals surface area contributed by atoms with Gasteiger partial charge in [0.25, 0.3) is 5.91 Å². The number of hydrogen-bond donors (Lipinski definition) is 0. The van der Waals surface area contributed by atoms with Crippen LogP contribution in [0.4, 0.5) is 0 Å². The molecule has 1 aliphatic rings. The van der Waals surface area contributed by atoms with Gasteiger partial charge in [-0.1, -0.05) is 5.21 Å². The molecular formula is C15H17N7O2. The molecular weight excluding hydrogens is 310 g/mol. The van der Waals surface area contributed by atoms with E-state index in [2.05, 4.69) is 20.5 Å². The van der Waals surface area contributed by atoms with Gasteiger partial charge in [0.15, 0.2) is 0 Å². The molecule has 0 radical (unpaired) electrons. The van der Waals surface area contributed by atoms with Crippen LogP contribution in [-0.4, -0.2) is 53.9 Å². The first-order valence-electron chi connectivity index (χ1n) is 7.71. The molecule has 4 heterocycles. The second kappa shape index (κ2) is 5.59. The van der Waals surface area contributed by atoms with Crippen molar-refractivity contribution in [1.82, 2.24) is 34.9 Å². The largest absolute Gasteiger partial charge is 0.466 e. The Morgan fingerprint density at radius 1 is 1.29 bits per heavy atom. The van der Waals surface area contributed by atoms with Crippen molar-refractivity contribution >= 4 is 5.91 Å². The molecule has 124 valence electrons. The number of amides is 1. The molecule has 0 aromatic carbocycles. The van der Waals surface area contributed by atoms with E-state index in [-0.39, 0.29) is 11.9 Å². The maximum absolute atomic E-state index is 12.5. The molecule has 0 unspecified atom stereocenters. The Kier molecular flexibility index (Phi) is 3.40. The van der Waals surface area contributed by atoms with Gasteiger partial charge < -0.3 is 9.32 Å². The molecule has 0 spiro atoms. The minimum atomic E-state index is 0.00156. The van der Waals surface area contributed by atoms with Crippen LogP contribution in [0.15, 0.2) is 29.1 Å². The van der Waals surface area contributed by atoms with E-state index < -0.39 is 0 Å². The van der Waals surface area contributed by atoms with Crippen molar-refractivity contribution in [3.05, 3.63) is 47.4 Å². The minimum Gasteiger partial charge on any atom is -0.466 e. The Hall–Kier alpha value is -2.97. The third-order valence-corrected chi connectivity index (χ3v) is 4.12. The molecule has 4 rings (SSSR count). The van der Waals surface area contributed by atoms with Crippen LogP contribution >= 0.6 is 0 Å². The molecule has 0 aliphatic carbocycles. The van der Waals surface area contributed by atoms with Gasteiger partial charge in [0.05, 0.1) is 30.2 Å². The monoisotopic (exact) mass is 327 g/mol. The SMILES string of the molecule is Cc1cc(C(=O)N2CC(n3cc(Cn4nccn4)nn3)C2)c(C)o1. The van der Waals surface area contributed by atoms with Gasteiger partial charge in [-0.15, -0.1) is 5.10 Å². The van der Waals surface area contributed by atoms with Crippen molar-refractivity contribution in [2.45, 2.75) is 26.4 Å². The van der Waals surface area contributed by atoms with Crippen LogP contribution < -0.4 is 0 Å². The maximum atomic E-state index is 12.5. The zero-order valence-corrected chi connectivity index (χ0v) is 13.5. The van der Waals surface area contributed by atoms with E-state index in [0.29, 0.717) is 31.0 Å². The van der Waals surface area contributed by atoms with Crippen molar-refractivity contribution < 1.29 is 9.21 Å². The van der Waals surface area contributed by atoms with Crippen LogP contribution in [0, 0.1) is 13.8 Å². The number of likely N-dealkylation sites (tertiary alicyclic amines) is 1. The standard InChI is InChI=1S/C15H17N7O2/c1-10-5-14(11(2)24-10)15(23)20-8-13(9-20)21-6-12(18-19-21)7-22-16-3-4-17-22/h3-6,13H,7-9H2,1-2H3. The molecule has 24 heavy (non-hydrogen) atoms. The molecule has 3 aromatic heterocycles. The summed E-state index contributed by atoms with van der Waals surface area (Å²) in [5.41, 5.74) is 1.42. The third kappa shape index (κ3) is 2.57. The van der Waals surface area contributed by atoms with E-state index in [9.17, 15) is 4.79 Å². The summed E-state index contributed by atoms with van der Waals surface area (Å²) in [6.45, 7) is 5.37. The number of aryl methyl sites for hydroxylation is 2. The van der Waals surface area contributed by atoms with E-state index >= 15 is 0 Å². The fourth-order valence-electron chi connectivity index (χ4n) is 2.84.